The quantitative estimate of drug-likeness (QED) is 0.800. The third kappa shape index (κ3) is 2.23. The average molecular weight is 228 g/mol. The van der Waals surface area contributed by atoms with E-state index >= 15 is 0 Å². The van der Waals surface area contributed by atoms with E-state index in [1.165, 1.54) is 6.07 Å². The number of nitriles is 1. The molecule has 0 fully saturated rings. The van der Waals surface area contributed by atoms with Crippen molar-refractivity contribution in [2.75, 3.05) is 0 Å². The molecule has 0 radical (unpaired) electrons. The minimum absolute atomic E-state index is 0.228. The van der Waals surface area contributed by atoms with E-state index in [1.807, 2.05) is 0 Å². The Labute approximate surface area is 88.0 Å². The lowest BCUT2D eigenvalue weighted by Crippen LogP contribution is -2.19. The van der Waals surface area contributed by atoms with Gasteiger partial charge in [0.2, 0.25) is 5.43 Å². The van der Waals surface area contributed by atoms with Crippen LogP contribution in [0.15, 0.2) is 11.0 Å². The lowest BCUT2D eigenvalue weighted by molar-refractivity contribution is -0.136. The van der Waals surface area contributed by atoms with Gasteiger partial charge in [-0.15, -0.1) is 0 Å². The molecule has 0 atom stereocenters. The molecule has 0 saturated heterocycles. The first-order valence-electron chi connectivity index (χ1n) is 4.12. The Hall–Kier alpha value is -2.23. The number of carboxylic acid groups (broad SMARTS) is 1. The molecular formula is C9H6F2N2O3. The highest BCUT2D eigenvalue weighted by Gasteiger charge is 2.19. The SMILES string of the molecule is N#Cc1c(C(F)F)[nH]cc(CC(=O)O)c1=O. The summed E-state index contributed by atoms with van der Waals surface area (Å²) in [5, 5.41) is 17.0. The molecule has 1 aromatic rings. The molecule has 0 bridgehead atoms. The van der Waals surface area contributed by atoms with Crippen molar-refractivity contribution in [1.82, 2.24) is 4.98 Å². The predicted molar refractivity (Wildman–Crippen MR) is 48.1 cm³/mol. The Kier molecular flexibility index (Phi) is 3.35. The molecule has 0 spiro atoms. The van der Waals surface area contributed by atoms with Crippen molar-refractivity contribution in [3.8, 4) is 6.07 Å². The Morgan fingerprint density at radius 3 is 2.69 bits per heavy atom. The molecule has 0 saturated carbocycles. The highest BCUT2D eigenvalue weighted by Crippen LogP contribution is 2.18. The highest BCUT2D eigenvalue weighted by molar-refractivity contribution is 5.70. The lowest BCUT2D eigenvalue weighted by Gasteiger charge is -2.04. The monoisotopic (exact) mass is 228 g/mol. The maximum Gasteiger partial charge on any atom is 0.308 e. The third-order valence-corrected chi connectivity index (χ3v) is 1.86. The fourth-order valence-corrected chi connectivity index (χ4v) is 1.16. The molecule has 1 heterocycles. The fourth-order valence-electron chi connectivity index (χ4n) is 1.16. The molecule has 5 nitrogen and oxygen atoms in total. The van der Waals surface area contributed by atoms with Gasteiger partial charge in [0.15, 0.2) is 0 Å². The number of H-pyrrole nitrogens is 1. The standard InChI is InChI=1S/C9H6F2N2O3/c10-9(11)7-5(2-12)8(16)4(3-13-7)1-6(14)15/h3,9H,1H2,(H,13,16)(H,14,15). The molecule has 0 aliphatic heterocycles. The zero-order chi connectivity index (χ0) is 12.3. The first kappa shape index (κ1) is 11.8. The molecule has 2 N–H and O–H groups in total. The highest BCUT2D eigenvalue weighted by atomic mass is 19.3. The van der Waals surface area contributed by atoms with Crippen LogP contribution in [0.2, 0.25) is 0 Å². The summed E-state index contributed by atoms with van der Waals surface area (Å²) in [7, 11) is 0. The molecule has 1 rings (SSSR count). The van der Waals surface area contributed by atoms with E-state index in [9.17, 15) is 18.4 Å². The van der Waals surface area contributed by atoms with E-state index in [1.54, 1.807) is 0 Å². The number of aliphatic carboxylic acids is 1. The molecular weight excluding hydrogens is 222 g/mol. The van der Waals surface area contributed by atoms with E-state index in [0.29, 0.717) is 0 Å². The van der Waals surface area contributed by atoms with Crippen molar-refractivity contribution in [1.29, 1.82) is 5.26 Å². The lowest BCUT2D eigenvalue weighted by atomic mass is 10.1. The zero-order valence-corrected chi connectivity index (χ0v) is 7.83. The Morgan fingerprint density at radius 1 is 1.62 bits per heavy atom. The van der Waals surface area contributed by atoms with Gasteiger partial charge in [0, 0.05) is 11.8 Å². The second kappa shape index (κ2) is 4.53. The van der Waals surface area contributed by atoms with Crippen LogP contribution < -0.4 is 5.43 Å². The fraction of sp³-hybridized carbons (Fsp3) is 0.222. The van der Waals surface area contributed by atoms with Gasteiger partial charge < -0.3 is 10.1 Å². The molecule has 7 heteroatoms. The van der Waals surface area contributed by atoms with Crippen molar-refractivity contribution in [3.05, 3.63) is 33.2 Å². The van der Waals surface area contributed by atoms with Crippen LogP contribution in [-0.4, -0.2) is 16.1 Å². The summed E-state index contributed by atoms with van der Waals surface area (Å²) in [6.07, 6.45) is -2.71. The van der Waals surface area contributed by atoms with Crippen LogP contribution >= 0.6 is 0 Å². The maximum atomic E-state index is 12.4. The molecule has 84 valence electrons. The van der Waals surface area contributed by atoms with Crippen LogP contribution in [0.1, 0.15) is 23.2 Å². The van der Waals surface area contributed by atoms with Gasteiger partial charge in [-0.05, 0) is 0 Å². The number of pyridine rings is 1. The van der Waals surface area contributed by atoms with Gasteiger partial charge in [-0.1, -0.05) is 0 Å². The van der Waals surface area contributed by atoms with Crippen molar-refractivity contribution in [3.63, 3.8) is 0 Å². The summed E-state index contributed by atoms with van der Waals surface area (Å²) < 4.78 is 24.7. The van der Waals surface area contributed by atoms with Gasteiger partial charge in [0.1, 0.15) is 17.3 Å². The van der Waals surface area contributed by atoms with E-state index in [2.05, 4.69) is 4.98 Å². The number of halogens is 2. The smallest absolute Gasteiger partial charge is 0.308 e. The summed E-state index contributed by atoms with van der Waals surface area (Å²) in [5.74, 6) is -1.28. The number of carboxylic acids is 1. The number of nitrogens with one attached hydrogen (secondary N) is 1. The largest absolute Gasteiger partial charge is 0.481 e. The molecule has 0 aromatic carbocycles. The Bertz CT molecular complexity index is 516. The number of rotatable bonds is 3. The normalized spacial score (nSPS) is 10.1. The van der Waals surface area contributed by atoms with Gasteiger partial charge in [-0.25, -0.2) is 8.78 Å². The summed E-state index contributed by atoms with van der Waals surface area (Å²) in [6, 6.07) is 1.34. The second-order valence-electron chi connectivity index (χ2n) is 2.91. The summed E-state index contributed by atoms with van der Waals surface area (Å²) in [6.45, 7) is 0. The first-order chi connectivity index (χ1) is 7.47. The zero-order valence-electron chi connectivity index (χ0n) is 7.83. The molecule has 0 amide bonds. The second-order valence-corrected chi connectivity index (χ2v) is 2.91. The average Bonchev–Trinajstić information content (AvgIpc) is 2.19. The predicted octanol–water partition coefficient (Wildman–Crippen LogP) is 0.811. The number of alkyl halides is 2. The van der Waals surface area contributed by atoms with Crippen LogP contribution in [0.5, 0.6) is 0 Å². The number of nitrogens with zero attached hydrogens (tertiary/aromatic N) is 1. The molecule has 16 heavy (non-hydrogen) atoms. The minimum Gasteiger partial charge on any atom is -0.481 e. The molecule has 0 aliphatic carbocycles. The van der Waals surface area contributed by atoms with Crippen LogP contribution in [0.3, 0.4) is 0 Å². The van der Waals surface area contributed by atoms with Crippen LogP contribution in [-0.2, 0) is 11.2 Å². The summed E-state index contributed by atoms with van der Waals surface area (Å²) in [5.41, 5.74) is -2.73. The molecule has 0 aliphatic rings. The van der Waals surface area contributed by atoms with Gasteiger partial charge in [-0.3, -0.25) is 9.59 Å². The van der Waals surface area contributed by atoms with Crippen molar-refractivity contribution in [2.24, 2.45) is 0 Å². The van der Waals surface area contributed by atoms with Crippen LogP contribution in [0.4, 0.5) is 8.78 Å². The van der Waals surface area contributed by atoms with Gasteiger partial charge in [0.25, 0.3) is 6.43 Å². The van der Waals surface area contributed by atoms with E-state index in [4.69, 9.17) is 10.4 Å². The maximum absolute atomic E-state index is 12.4. The number of hydrogen-bond donors (Lipinski definition) is 2. The van der Waals surface area contributed by atoms with Gasteiger partial charge in [0.05, 0.1) is 6.42 Å². The summed E-state index contributed by atoms with van der Waals surface area (Å²) >= 11 is 0. The molecule has 0 unspecified atom stereocenters. The summed E-state index contributed by atoms with van der Waals surface area (Å²) in [4.78, 5) is 23.8. The van der Waals surface area contributed by atoms with Gasteiger partial charge >= 0.3 is 5.97 Å². The van der Waals surface area contributed by atoms with E-state index < -0.39 is 35.5 Å². The molecule has 1 aromatic heterocycles. The number of aromatic nitrogens is 1. The van der Waals surface area contributed by atoms with Gasteiger partial charge in [-0.2, -0.15) is 5.26 Å². The van der Waals surface area contributed by atoms with Crippen molar-refractivity contribution < 1.29 is 18.7 Å². The third-order valence-electron chi connectivity index (χ3n) is 1.86. The van der Waals surface area contributed by atoms with Crippen molar-refractivity contribution in [2.45, 2.75) is 12.8 Å². The number of carbonyl (C=O) groups is 1. The van der Waals surface area contributed by atoms with E-state index in [-0.39, 0.29) is 5.56 Å². The van der Waals surface area contributed by atoms with E-state index in [0.717, 1.165) is 6.20 Å². The number of hydrogen-bond acceptors (Lipinski definition) is 3. The minimum atomic E-state index is -2.98. The Morgan fingerprint density at radius 2 is 2.25 bits per heavy atom. The first-order valence-corrected chi connectivity index (χ1v) is 4.12. The van der Waals surface area contributed by atoms with Crippen LogP contribution in [0, 0.1) is 11.3 Å². The topological polar surface area (TPSA) is 93.9 Å². The number of aromatic amines is 1. The van der Waals surface area contributed by atoms with Crippen LogP contribution in [0.25, 0.3) is 0 Å². The Balaban J connectivity index is 3.36. The van der Waals surface area contributed by atoms with Crippen molar-refractivity contribution >= 4 is 5.97 Å².